The molecule has 2 heterocycles. The van der Waals surface area contributed by atoms with Crippen molar-refractivity contribution in [1.82, 2.24) is 19.7 Å². The van der Waals surface area contributed by atoms with Crippen LogP contribution in [0.25, 0.3) is 5.78 Å². The standard InChI is InChI=1S/C16H15FN4O/c1-10-7-12(3-4-13(10)17)9-19-15(22)14-8-11(2)21-6-5-18-16(21)20-14/h3-8H,9H2,1-2H3,(H,19,22). The Bertz CT molecular complexity index is 856. The zero-order valence-electron chi connectivity index (χ0n) is 12.3. The van der Waals surface area contributed by atoms with E-state index in [0.717, 1.165) is 11.3 Å². The van der Waals surface area contributed by atoms with E-state index in [-0.39, 0.29) is 11.7 Å². The first kappa shape index (κ1) is 14.2. The van der Waals surface area contributed by atoms with E-state index in [4.69, 9.17) is 0 Å². The van der Waals surface area contributed by atoms with Crippen LogP contribution in [0.2, 0.25) is 0 Å². The molecule has 112 valence electrons. The quantitative estimate of drug-likeness (QED) is 0.808. The lowest BCUT2D eigenvalue weighted by molar-refractivity contribution is 0.0946. The van der Waals surface area contributed by atoms with Crippen molar-refractivity contribution in [3.8, 4) is 0 Å². The number of amides is 1. The number of rotatable bonds is 3. The minimum absolute atomic E-state index is 0.253. The number of hydrogen-bond donors (Lipinski definition) is 1. The maximum Gasteiger partial charge on any atom is 0.270 e. The molecule has 0 spiro atoms. The van der Waals surface area contributed by atoms with E-state index in [0.29, 0.717) is 23.6 Å². The van der Waals surface area contributed by atoms with E-state index in [1.165, 1.54) is 6.07 Å². The molecule has 22 heavy (non-hydrogen) atoms. The number of benzene rings is 1. The third kappa shape index (κ3) is 2.67. The van der Waals surface area contributed by atoms with Gasteiger partial charge in [-0.15, -0.1) is 0 Å². The molecule has 3 rings (SSSR count). The Labute approximate surface area is 126 Å². The molecule has 0 radical (unpaired) electrons. The van der Waals surface area contributed by atoms with E-state index in [1.807, 2.05) is 6.92 Å². The second-order valence-electron chi connectivity index (χ2n) is 5.15. The van der Waals surface area contributed by atoms with Gasteiger partial charge in [0.15, 0.2) is 0 Å². The number of aromatic nitrogens is 3. The summed E-state index contributed by atoms with van der Waals surface area (Å²) in [6, 6.07) is 6.47. The summed E-state index contributed by atoms with van der Waals surface area (Å²) >= 11 is 0. The van der Waals surface area contributed by atoms with Gasteiger partial charge in [0.05, 0.1) is 0 Å². The number of aryl methyl sites for hydroxylation is 2. The highest BCUT2D eigenvalue weighted by Crippen LogP contribution is 2.10. The van der Waals surface area contributed by atoms with Crippen LogP contribution in [0.3, 0.4) is 0 Å². The minimum Gasteiger partial charge on any atom is -0.347 e. The zero-order valence-corrected chi connectivity index (χ0v) is 12.3. The van der Waals surface area contributed by atoms with Crippen molar-refractivity contribution in [2.45, 2.75) is 20.4 Å². The molecule has 1 amide bonds. The Hall–Kier alpha value is -2.76. The van der Waals surface area contributed by atoms with E-state index in [2.05, 4.69) is 15.3 Å². The summed E-state index contributed by atoms with van der Waals surface area (Å²) in [6.45, 7) is 3.90. The predicted molar refractivity (Wildman–Crippen MR) is 80.0 cm³/mol. The molecule has 0 saturated carbocycles. The molecular weight excluding hydrogens is 283 g/mol. The second-order valence-corrected chi connectivity index (χ2v) is 5.15. The molecule has 6 heteroatoms. The summed E-state index contributed by atoms with van der Waals surface area (Å²) in [7, 11) is 0. The molecule has 0 fully saturated rings. The van der Waals surface area contributed by atoms with Crippen molar-refractivity contribution >= 4 is 11.7 Å². The number of imidazole rings is 1. The molecule has 0 atom stereocenters. The number of halogens is 1. The van der Waals surface area contributed by atoms with Gasteiger partial charge in [0.25, 0.3) is 5.91 Å². The Morgan fingerprint density at radius 2 is 2.14 bits per heavy atom. The summed E-state index contributed by atoms with van der Waals surface area (Å²) in [5.41, 5.74) is 2.59. The number of carbonyl (C=O) groups excluding carboxylic acids is 1. The van der Waals surface area contributed by atoms with Crippen molar-refractivity contribution in [3.63, 3.8) is 0 Å². The summed E-state index contributed by atoms with van der Waals surface area (Å²) in [5.74, 6) is -0.0459. The Kier molecular flexibility index (Phi) is 3.58. The van der Waals surface area contributed by atoms with Crippen LogP contribution in [0.1, 0.15) is 27.3 Å². The fourth-order valence-corrected chi connectivity index (χ4v) is 2.27. The van der Waals surface area contributed by atoms with Crippen LogP contribution in [0.4, 0.5) is 4.39 Å². The summed E-state index contributed by atoms with van der Waals surface area (Å²) in [4.78, 5) is 20.5. The maximum absolute atomic E-state index is 13.2. The second kappa shape index (κ2) is 5.55. The van der Waals surface area contributed by atoms with Gasteiger partial charge in [0, 0.05) is 24.6 Å². The first-order valence-electron chi connectivity index (χ1n) is 6.88. The highest BCUT2D eigenvalue weighted by molar-refractivity contribution is 5.92. The van der Waals surface area contributed by atoms with Gasteiger partial charge >= 0.3 is 0 Å². The summed E-state index contributed by atoms with van der Waals surface area (Å²) in [5, 5.41) is 2.79. The van der Waals surface area contributed by atoms with Gasteiger partial charge in [0.2, 0.25) is 5.78 Å². The first-order chi connectivity index (χ1) is 10.5. The highest BCUT2D eigenvalue weighted by atomic mass is 19.1. The van der Waals surface area contributed by atoms with Crippen molar-refractivity contribution in [1.29, 1.82) is 0 Å². The number of nitrogens with zero attached hydrogens (tertiary/aromatic N) is 3. The third-order valence-electron chi connectivity index (χ3n) is 3.48. The molecule has 3 aromatic rings. The Morgan fingerprint density at radius 3 is 2.91 bits per heavy atom. The van der Waals surface area contributed by atoms with Crippen LogP contribution in [-0.4, -0.2) is 20.3 Å². The summed E-state index contributed by atoms with van der Waals surface area (Å²) in [6.07, 6.45) is 3.43. The molecule has 0 aliphatic carbocycles. The number of hydrogen-bond acceptors (Lipinski definition) is 3. The first-order valence-corrected chi connectivity index (χ1v) is 6.88. The average Bonchev–Trinajstić information content (AvgIpc) is 2.97. The van der Waals surface area contributed by atoms with E-state index in [9.17, 15) is 9.18 Å². The fraction of sp³-hybridized carbons (Fsp3) is 0.188. The monoisotopic (exact) mass is 298 g/mol. The molecule has 0 saturated heterocycles. The SMILES string of the molecule is Cc1cc(CNC(=O)c2cc(C)n3ccnc3n2)ccc1F. The van der Waals surface area contributed by atoms with Crippen LogP contribution < -0.4 is 5.32 Å². The largest absolute Gasteiger partial charge is 0.347 e. The lowest BCUT2D eigenvalue weighted by Crippen LogP contribution is -2.24. The number of nitrogens with one attached hydrogen (secondary N) is 1. The number of fused-ring (bicyclic) bond motifs is 1. The highest BCUT2D eigenvalue weighted by Gasteiger charge is 2.11. The van der Waals surface area contributed by atoms with Crippen LogP contribution in [0.5, 0.6) is 0 Å². The molecule has 5 nitrogen and oxygen atoms in total. The van der Waals surface area contributed by atoms with E-state index in [1.54, 1.807) is 41.9 Å². The van der Waals surface area contributed by atoms with Crippen LogP contribution >= 0.6 is 0 Å². The van der Waals surface area contributed by atoms with Gasteiger partial charge in [-0.3, -0.25) is 9.20 Å². The maximum atomic E-state index is 13.2. The van der Waals surface area contributed by atoms with E-state index >= 15 is 0 Å². The lowest BCUT2D eigenvalue weighted by atomic mass is 10.1. The molecule has 0 aliphatic heterocycles. The van der Waals surface area contributed by atoms with Crippen molar-refractivity contribution in [3.05, 3.63) is 65.0 Å². The van der Waals surface area contributed by atoms with Gasteiger partial charge in [-0.05, 0) is 37.1 Å². The molecule has 0 unspecified atom stereocenters. The molecule has 0 bridgehead atoms. The topological polar surface area (TPSA) is 59.3 Å². The van der Waals surface area contributed by atoms with Gasteiger partial charge in [-0.25, -0.2) is 14.4 Å². The Morgan fingerprint density at radius 1 is 1.32 bits per heavy atom. The molecule has 1 aromatic carbocycles. The number of carbonyl (C=O) groups is 1. The van der Waals surface area contributed by atoms with Gasteiger partial charge in [-0.1, -0.05) is 12.1 Å². The molecule has 2 aromatic heterocycles. The predicted octanol–water partition coefficient (Wildman–Crippen LogP) is 2.42. The summed E-state index contributed by atoms with van der Waals surface area (Å²) < 4.78 is 15.0. The molecular formula is C16H15FN4O. The molecule has 0 aliphatic rings. The van der Waals surface area contributed by atoms with Gasteiger partial charge in [0.1, 0.15) is 11.5 Å². The molecule has 1 N–H and O–H groups in total. The van der Waals surface area contributed by atoms with Crippen LogP contribution in [0, 0.1) is 19.7 Å². The van der Waals surface area contributed by atoms with Gasteiger partial charge in [-0.2, -0.15) is 0 Å². The third-order valence-corrected chi connectivity index (χ3v) is 3.48. The van der Waals surface area contributed by atoms with Crippen LogP contribution in [-0.2, 0) is 6.54 Å². The normalized spacial score (nSPS) is 10.9. The smallest absolute Gasteiger partial charge is 0.270 e. The minimum atomic E-state index is -0.282. The van der Waals surface area contributed by atoms with Crippen molar-refractivity contribution in [2.24, 2.45) is 0 Å². The van der Waals surface area contributed by atoms with Crippen molar-refractivity contribution < 1.29 is 9.18 Å². The van der Waals surface area contributed by atoms with Crippen LogP contribution in [0.15, 0.2) is 36.7 Å². The Balaban J connectivity index is 1.76. The lowest BCUT2D eigenvalue weighted by Gasteiger charge is -2.07. The fourth-order valence-electron chi connectivity index (χ4n) is 2.27. The average molecular weight is 298 g/mol. The van der Waals surface area contributed by atoms with Gasteiger partial charge < -0.3 is 5.32 Å². The van der Waals surface area contributed by atoms with E-state index < -0.39 is 0 Å². The van der Waals surface area contributed by atoms with Crippen molar-refractivity contribution in [2.75, 3.05) is 0 Å². The zero-order chi connectivity index (χ0) is 15.7.